The molecule has 0 fully saturated rings. The predicted octanol–water partition coefficient (Wildman–Crippen LogP) is 2.35. The van der Waals surface area contributed by atoms with Crippen LogP contribution in [0.4, 0.5) is 14.5 Å². The molecule has 0 saturated heterocycles. The van der Waals surface area contributed by atoms with Gasteiger partial charge in [-0.05, 0) is 46.1 Å². The fraction of sp³-hybridized carbons (Fsp3) is 0.462. The molecule has 1 unspecified atom stereocenters. The molecule has 1 aromatic carbocycles. The second-order valence-electron chi connectivity index (χ2n) is 4.79. The fourth-order valence-corrected chi connectivity index (χ4v) is 1.80. The molecule has 3 N–H and O–H groups in total. The van der Waals surface area contributed by atoms with Gasteiger partial charge in [0.1, 0.15) is 4.99 Å². The zero-order valence-electron chi connectivity index (χ0n) is 11.3. The van der Waals surface area contributed by atoms with Gasteiger partial charge in [-0.2, -0.15) is 0 Å². The molecule has 106 valence electrons. The van der Waals surface area contributed by atoms with Gasteiger partial charge in [-0.15, -0.1) is 0 Å². The molecule has 19 heavy (non-hydrogen) atoms. The normalized spacial score (nSPS) is 12.5. The quantitative estimate of drug-likeness (QED) is 0.788. The van der Waals surface area contributed by atoms with Crippen LogP contribution in [0.15, 0.2) is 12.1 Å². The maximum atomic E-state index is 13.8. The lowest BCUT2D eigenvalue weighted by Crippen LogP contribution is -2.24. The molecule has 0 aromatic heterocycles. The summed E-state index contributed by atoms with van der Waals surface area (Å²) in [5.41, 5.74) is 5.37. The Hall–Kier alpha value is -1.27. The highest BCUT2D eigenvalue weighted by Crippen LogP contribution is 2.21. The van der Waals surface area contributed by atoms with E-state index in [4.69, 9.17) is 5.73 Å². The van der Waals surface area contributed by atoms with E-state index in [9.17, 15) is 8.78 Å². The lowest BCUT2D eigenvalue weighted by molar-refractivity contribution is 0.390. The largest absolute Gasteiger partial charge is 0.389 e. The van der Waals surface area contributed by atoms with Crippen LogP contribution >= 0.6 is 12.2 Å². The first kappa shape index (κ1) is 15.8. The third kappa shape index (κ3) is 4.40. The number of benzene rings is 1. The molecule has 0 radical (unpaired) electrons. The lowest BCUT2D eigenvalue weighted by atomic mass is 10.1. The minimum Gasteiger partial charge on any atom is -0.389 e. The SMILES string of the molecule is CC(CCN(C)C)Nc1ccc(C(N)=S)c(F)c1F. The van der Waals surface area contributed by atoms with Crippen LogP contribution in [-0.4, -0.2) is 36.6 Å². The molecule has 6 heteroatoms. The van der Waals surface area contributed by atoms with Crippen LogP contribution in [0.2, 0.25) is 0 Å². The molecule has 0 spiro atoms. The Morgan fingerprint density at radius 1 is 1.37 bits per heavy atom. The Morgan fingerprint density at radius 2 is 2.00 bits per heavy atom. The van der Waals surface area contributed by atoms with Gasteiger partial charge < -0.3 is 16.0 Å². The molecule has 1 rings (SSSR count). The number of hydrogen-bond acceptors (Lipinski definition) is 3. The first-order chi connectivity index (χ1) is 8.82. The van der Waals surface area contributed by atoms with Gasteiger partial charge in [0.2, 0.25) is 0 Å². The second kappa shape index (κ2) is 6.77. The molecule has 0 saturated carbocycles. The van der Waals surface area contributed by atoms with E-state index in [-0.39, 0.29) is 22.3 Å². The number of nitrogens with one attached hydrogen (secondary N) is 1. The molecule has 1 aromatic rings. The van der Waals surface area contributed by atoms with Crippen molar-refractivity contribution in [1.29, 1.82) is 0 Å². The molecule has 0 aliphatic heterocycles. The highest BCUT2D eigenvalue weighted by Gasteiger charge is 2.16. The van der Waals surface area contributed by atoms with Crippen LogP contribution in [0, 0.1) is 11.6 Å². The van der Waals surface area contributed by atoms with Gasteiger partial charge in [-0.25, -0.2) is 8.78 Å². The number of rotatable bonds is 6. The van der Waals surface area contributed by atoms with E-state index in [2.05, 4.69) is 17.5 Å². The van der Waals surface area contributed by atoms with Crippen LogP contribution < -0.4 is 11.1 Å². The summed E-state index contributed by atoms with van der Waals surface area (Å²) >= 11 is 4.66. The summed E-state index contributed by atoms with van der Waals surface area (Å²) in [4.78, 5) is 1.88. The highest BCUT2D eigenvalue weighted by atomic mass is 32.1. The highest BCUT2D eigenvalue weighted by molar-refractivity contribution is 7.80. The van der Waals surface area contributed by atoms with Crippen LogP contribution in [0.3, 0.4) is 0 Å². The van der Waals surface area contributed by atoms with E-state index in [0.29, 0.717) is 0 Å². The number of thiocarbonyl (C=S) groups is 1. The molecule has 0 amide bonds. The van der Waals surface area contributed by atoms with Crippen molar-refractivity contribution in [3.8, 4) is 0 Å². The Morgan fingerprint density at radius 3 is 2.53 bits per heavy atom. The second-order valence-corrected chi connectivity index (χ2v) is 5.23. The molecule has 0 aliphatic carbocycles. The third-order valence-corrected chi connectivity index (χ3v) is 2.98. The van der Waals surface area contributed by atoms with E-state index in [0.717, 1.165) is 13.0 Å². The van der Waals surface area contributed by atoms with Gasteiger partial charge >= 0.3 is 0 Å². The van der Waals surface area contributed by atoms with Crippen molar-refractivity contribution in [1.82, 2.24) is 4.90 Å². The van der Waals surface area contributed by atoms with E-state index >= 15 is 0 Å². The molecular weight excluding hydrogens is 268 g/mol. The summed E-state index contributed by atoms with van der Waals surface area (Å²) in [6.45, 7) is 2.78. The monoisotopic (exact) mass is 287 g/mol. The zero-order valence-corrected chi connectivity index (χ0v) is 12.2. The van der Waals surface area contributed by atoms with E-state index in [1.807, 2.05) is 25.9 Å². The van der Waals surface area contributed by atoms with Gasteiger partial charge in [0.05, 0.1) is 5.69 Å². The summed E-state index contributed by atoms with van der Waals surface area (Å²) in [6, 6.07) is 2.88. The first-order valence-electron chi connectivity index (χ1n) is 6.02. The molecule has 1 atom stereocenters. The Bertz CT molecular complexity index is 463. The summed E-state index contributed by atoms with van der Waals surface area (Å²) in [7, 11) is 3.92. The van der Waals surface area contributed by atoms with E-state index < -0.39 is 11.6 Å². The average Bonchev–Trinajstić information content (AvgIpc) is 2.32. The Balaban J connectivity index is 2.80. The van der Waals surface area contributed by atoms with Crippen molar-refractivity contribution in [2.75, 3.05) is 26.0 Å². The minimum absolute atomic E-state index is 0.0342. The number of nitrogens with zero attached hydrogens (tertiary/aromatic N) is 1. The Labute approximate surface area is 117 Å². The van der Waals surface area contributed by atoms with Crippen molar-refractivity contribution in [3.05, 3.63) is 29.3 Å². The lowest BCUT2D eigenvalue weighted by Gasteiger charge is -2.18. The van der Waals surface area contributed by atoms with Crippen molar-refractivity contribution >= 4 is 22.9 Å². The van der Waals surface area contributed by atoms with Crippen LogP contribution in [-0.2, 0) is 0 Å². The van der Waals surface area contributed by atoms with Crippen LogP contribution in [0.25, 0.3) is 0 Å². The van der Waals surface area contributed by atoms with Crippen molar-refractivity contribution in [3.63, 3.8) is 0 Å². The van der Waals surface area contributed by atoms with Gasteiger partial charge in [-0.3, -0.25) is 0 Å². The standard InChI is InChI=1S/C13H19F2N3S/c1-8(6-7-18(2)3)17-10-5-4-9(13(16)19)11(14)12(10)15/h4-5,8,17H,6-7H2,1-3H3,(H2,16,19). The maximum Gasteiger partial charge on any atom is 0.182 e. The minimum atomic E-state index is -1.00. The molecule has 3 nitrogen and oxygen atoms in total. The van der Waals surface area contributed by atoms with Gasteiger partial charge in [-0.1, -0.05) is 12.2 Å². The van der Waals surface area contributed by atoms with Gasteiger partial charge in [0, 0.05) is 11.6 Å². The Kier molecular flexibility index (Phi) is 5.62. The topological polar surface area (TPSA) is 41.3 Å². The maximum absolute atomic E-state index is 13.8. The average molecular weight is 287 g/mol. The number of halogens is 2. The van der Waals surface area contributed by atoms with Crippen molar-refractivity contribution in [2.24, 2.45) is 5.73 Å². The van der Waals surface area contributed by atoms with Gasteiger partial charge in [0.15, 0.2) is 11.6 Å². The smallest absolute Gasteiger partial charge is 0.182 e. The van der Waals surface area contributed by atoms with E-state index in [1.165, 1.54) is 12.1 Å². The number of anilines is 1. The number of nitrogens with two attached hydrogens (primary N) is 1. The van der Waals surface area contributed by atoms with Crippen LogP contribution in [0.1, 0.15) is 18.9 Å². The summed E-state index contributed by atoms with van der Waals surface area (Å²) in [6.07, 6.45) is 0.825. The summed E-state index contributed by atoms with van der Waals surface area (Å²) < 4.78 is 27.5. The summed E-state index contributed by atoms with van der Waals surface area (Å²) in [5.74, 6) is -1.95. The zero-order chi connectivity index (χ0) is 14.6. The van der Waals surface area contributed by atoms with Crippen molar-refractivity contribution < 1.29 is 8.78 Å². The molecule has 0 heterocycles. The predicted molar refractivity (Wildman–Crippen MR) is 78.5 cm³/mol. The summed E-state index contributed by atoms with van der Waals surface area (Å²) in [5, 5.41) is 2.95. The third-order valence-electron chi connectivity index (χ3n) is 2.76. The molecule has 0 aliphatic rings. The van der Waals surface area contributed by atoms with Gasteiger partial charge in [0.25, 0.3) is 0 Å². The number of hydrogen-bond donors (Lipinski definition) is 2. The van der Waals surface area contributed by atoms with E-state index in [1.54, 1.807) is 0 Å². The van der Waals surface area contributed by atoms with Crippen molar-refractivity contribution in [2.45, 2.75) is 19.4 Å². The van der Waals surface area contributed by atoms with Crippen LogP contribution in [0.5, 0.6) is 0 Å². The molecular formula is C13H19F2N3S. The first-order valence-corrected chi connectivity index (χ1v) is 6.42. The molecule has 0 bridgehead atoms. The fourth-order valence-electron chi connectivity index (χ4n) is 1.64.